The third-order valence-electron chi connectivity index (χ3n) is 4.42. The molecule has 1 aliphatic heterocycles. The molecule has 0 spiro atoms. The number of carbonyl (C=O) groups is 1. The van der Waals surface area contributed by atoms with E-state index in [0.717, 1.165) is 38.1 Å². The fourth-order valence-electron chi connectivity index (χ4n) is 3.15. The Kier molecular flexibility index (Phi) is 4.52. The number of fused-ring (bicyclic) bond motifs is 1. The van der Waals surface area contributed by atoms with Crippen LogP contribution in [-0.2, 0) is 13.0 Å². The Bertz CT molecular complexity index is 953. The Balaban J connectivity index is 1.66. The maximum Gasteiger partial charge on any atom is 0.255 e. The number of benzene rings is 2. The molecule has 0 saturated heterocycles. The first-order valence-corrected chi connectivity index (χ1v) is 9.45. The quantitative estimate of drug-likeness (QED) is 0.568. The predicted molar refractivity (Wildman–Crippen MR) is 107 cm³/mol. The van der Waals surface area contributed by atoms with E-state index in [1.807, 2.05) is 53.4 Å². The lowest BCUT2D eigenvalue weighted by molar-refractivity contribution is 0.0733. The SMILES string of the molecule is O=C(c1ccccc1I)N1CCc2[nH]nc(-c3cccc(Cl)c3)c2C1. The fourth-order valence-corrected chi connectivity index (χ4v) is 3.96. The molecular weight excluding hydrogens is 449 g/mol. The number of nitrogens with zero attached hydrogens (tertiary/aromatic N) is 2. The number of rotatable bonds is 2. The molecule has 1 aliphatic rings. The summed E-state index contributed by atoms with van der Waals surface area (Å²) in [6.07, 6.45) is 0.776. The minimum Gasteiger partial charge on any atom is -0.334 e. The van der Waals surface area contributed by atoms with E-state index >= 15 is 0 Å². The van der Waals surface area contributed by atoms with Gasteiger partial charge in [0.05, 0.1) is 11.3 Å². The third kappa shape index (κ3) is 3.18. The van der Waals surface area contributed by atoms with Crippen molar-refractivity contribution >= 4 is 40.1 Å². The minimum absolute atomic E-state index is 0.0638. The van der Waals surface area contributed by atoms with Gasteiger partial charge in [0, 0.05) is 44.9 Å². The molecule has 0 atom stereocenters. The highest BCUT2D eigenvalue weighted by Crippen LogP contribution is 2.30. The van der Waals surface area contributed by atoms with Gasteiger partial charge in [0.2, 0.25) is 0 Å². The van der Waals surface area contributed by atoms with Gasteiger partial charge in [-0.1, -0.05) is 35.9 Å². The van der Waals surface area contributed by atoms with Crippen LogP contribution in [0.1, 0.15) is 21.6 Å². The molecule has 1 amide bonds. The molecule has 0 bridgehead atoms. The summed E-state index contributed by atoms with van der Waals surface area (Å²) >= 11 is 8.33. The van der Waals surface area contributed by atoms with Crippen molar-refractivity contribution in [3.63, 3.8) is 0 Å². The van der Waals surface area contributed by atoms with Crippen molar-refractivity contribution in [1.29, 1.82) is 0 Å². The molecule has 4 nitrogen and oxygen atoms in total. The Morgan fingerprint density at radius 3 is 2.84 bits per heavy atom. The maximum atomic E-state index is 12.9. The molecule has 1 aromatic heterocycles. The average Bonchev–Trinajstić information content (AvgIpc) is 3.05. The first kappa shape index (κ1) is 16.6. The molecule has 25 heavy (non-hydrogen) atoms. The summed E-state index contributed by atoms with van der Waals surface area (Å²) in [4.78, 5) is 14.8. The number of H-pyrrole nitrogens is 1. The molecule has 0 unspecified atom stereocenters. The molecule has 126 valence electrons. The van der Waals surface area contributed by atoms with E-state index in [0.29, 0.717) is 18.1 Å². The lowest BCUT2D eigenvalue weighted by atomic mass is 10.0. The molecule has 4 rings (SSSR count). The molecule has 0 radical (unpaired) electrons. The lowest BCUT2D eigenvalue weighted by Gasteiger charge is -2.27. The summed E-state index contributed by atoms with van der Waals surface area (Å²) in [5, 5.41) is 8.27. The predicted octanol–water partition coefficient (Wildman–Crippen LogP) is 4.53. The van der Waals surface area contributed by atoms with Crippen molar-refractivity contribution in [2.24, 2.45) is 0 Å². The Morgan fingerprint density at radius 1 is 1.20 bits per heavy atom. The second-order valence-electron chi connectivity index (χ2n) is 6.00. The second-order valence-corrected chi connectivity index (χ2v) is 7.59. The van der Waals surface area contributed by atoms with E-state index in [9.17, 15) is 4.79 Å². The van der Waals surface area contributed by atoms with E-state index in [1.54, 1.807) is 0 Å². The second kappa shape index (κ2) is 6.80. The van der Waals surface area contributed by atoms with E-state index in [-0.39, 0.29) is 5.91 Å². The molecule has 0 saturated carbocycles. The zero-order valence-corrected chi connectivity index (χ0v) is 16.2. The van der Waals surface area contributed by atoms with E-state index in [1.165, 1.54) is 0 Å². The largest absolute Gasteiger partial charge is 0.334 e. The first-order valence-electron chi connectivity index (χ1n) is 7.99. The fraction of sp³-hybridized carbons (Fsp3) is 0.158. The van der Waals surface area contributed by atoms with Crippen molar-refractivity contribution in [2.75, 3.05) is 6.54 Å². The normalized spacial score (nSPS) is 13.6. The Morgan fingerprint density at radius 2 is 2.04 bits per heavy atom. The summed E-state index contributed by atoms with van der Waals surface area (Å²) < 4.78 is 0.971. The van der Waals surface area contributed by atoms with Crippen LogP contribution in [0.5, 0.6) is 0 Å². The van der Waals surface area contributed by atoms with Crippen LogP contribution in [0.25, 0.3) is 11.3 Å². The van der Waals surface area contributed by atoms with Gasteiger partial charge in [0.15, 0.2) is 0 Å². The van der Waals surface area contributed by atoms with E-state index < -0.39 is 0 Å². The van der Waals surface area contributed by atoms with Crippen LogP contribution in [0.3, 0.4) is 0 Å². The highest BCUT2D eigenvalue weighted by molar-refractivity contribution is 14.1. The van der Waals surface area contributed by atoms with Crippen LogP contribution in [0.15, 0.2) is 48.5 Å². The zero-order chi connectivity index (χ0) is 17.4. The summed E-state index contributed by atoms with van der Waals surface area (Å²) in [6, 6.07) is 15.3. The molecular formula is C19H15ClIN3O. The summed E-state index contributed by atoms with van der Waals surface area (Å²) in [5.74, 6) is 0.0638. The molecule has 2 heterocycles. The van der Waals surface area contributed by atoms with Crippen LogP contribution in [0.2, 0.25) is 5.02 Å². The summed E-state index contributed by atoms with van der Waals surface area (Å²) in [6.45, 7) is 1.24. The number of aromatic nitrogens is 2. The van der Waals surface area contributed by atoms with E-state index in [2.05, 4.69) is 32.8 Å². The standard InChI is InChI=1S/C19H15ClIN3O/c20-13-5-3-4-12(10-13)18-15-11-24(9-8-17(15)22-23-18)19(25)14-6-1-2-7-16(14)21/h1-7,10H,8-9,11H2,(H,22,23). The number of hydrogen-bond donors (Lipinski definition) is 1. The number of hydrogen-bond acceptors (Lipinski definition) is 2. The van der Waals surface area contributed by atoms with Crippen molar-refractivity contribution < 1.29 is 4.79 Å². The van der Waals surface area contributed by atoms with Crippen molar-refractivity contribution in [1.82, 2.24) is 15.1 Å². The maximum absolute atomic E-state index is 12.9. The molecule has 2 aromatic carbocycles. The van der Waals surface area contributed by atoms with Crippen LogP contribution < -0.4 is 0 Å². The highest BCUT2D eigenvalue weighted by Gasteiger charge is 2.27. The third-order valence-corrected chi connectivity index (χ3v) is 5.60. The number of carbonyl (C=O) groups excluding carboxylic acids is 1. The van der Waals surface area contributed by atoms with Gasteiger partial charge in [-0.05, 0) is 46.9 Å². The van der Waals surface area contributed by atoms with Crippen molar-refractivity contribution in [3.8, 4) is 11.3 Å². The van der Waals surface area contributed by atoms with Gasteiger partial charge in [-0.2, -0.15) is 5.10 Å². The van der Waals surface area contributed by atoms with Crippen LogP contribution in [0, 0.1) is 3.57 Å². The van der Waals surface area contributed by atoms with Crippen molar-refractivity contribution in [2.45, 2.75) is 13.0 Å². The van der Waals surface area contributed by atoms with E-state index in [4.69, 9.17) is 11.6 Å². The highest BCUT2D eigenvalue weighted by atomic mass is 127. The van der Waals surface area contributed by atoms with Crippen molar-refractivity contribution in [3.05, 3.63) is 73.9 Å². The topological polar surface area (TPSA) is 49.0 Å². The molecule has 0 aliphatic carbocycles. The summed E-state index contributed by atoms with van der Waals surface area (Å²) in [5.41, 5.74) is 4.76. The number of amides is 1. The molecule has 3 aromatic rings. The van der Waals surface area contributed by atoms with Crippen LogP contribution in [0.4, 0.5) is 0 Å². The van der Waals surface area contributed by atoms with Gasteiger partial charge in [0.1, 0.15) is 0 Å². The van der Waals surface area contributed by atoms with Gasteiger partial charge in [-0.15, -0.1) is 0 Å². The van der Waals surface area contributed by atoms with Gasteiger partial charge in [-0.25, -0.2) is 0 Å². The van der Waals surface area contributed by atoms with Crippen LogP contribution in [-0.4, -0.2) is 27.5 Å². The monoisotopic (exact) mass is 463 g/mol. The molecule has 0 fully saturated rings. The van der Waals surface area contributed by atoms with Gasteiger partial charge >= 0.3 is 0 Å². The number of halogens is 2. The Hall–Kier alpha value is -1.86. The number of nitrogens with one attached hydrogen (secondary N) is 1. The van der Waals surface area contributed by atoms with Gasteiger partial charge in [0.25, 0.3) is 5.91 Å². The average molecular weight is 464 g/mol. The summed E-state index contributed by atoms with van der Waals surface area (Å²) in [7, 11) is 0. The number of aromatic amines is 1. The lowest BCUT2D eigenvalue weighted by Crippen LogP contribution is -2.36. The smallest absolute Gasteiger partial charge is 0.255 e. The van der Waals surface area contributed by atoms with Crippen LogP contribution >= 0.6 is 34.2 Å². The minimum atomic E-state index is 0.0638. The first-order chi connectivity index (χ1) is 12.1. The molecule has 1 N–H and O–H groups in total. The van der Waals surface area contributed by atoms with Gasteiger partial charge < -0.3 is 4.90 Å². The zero-order valence-electron chi connectivity index (χ0n) is 13.3. The van der Waals surface area contributed by atoms with Gasteiger partial charge in [-0.3, -0.25) is 9.89 Å². The molecule has 6 heteroatoms. The Labute approximate surface area is 164 Å².